The van der Waals surface area contributed by atoms with Gasteiger partial charge in [0.05, 0.1) is 0 Å². The van der Waals surface area contributed by atoms with Gasteiger partial charge in [-0.25, -0.2) is 0 Å². The van der Waals surface area contributed by atoms with Crippen molar-refractivity contribution in [1.82, 2.24) is 0 Å². The molecular formula is C10H21NWY-4. The van der Waals surface area contributed by atoms with Gasteiger partial charge in [-0.1, -0.05) is 0 Å². The first-order chi connectivity index (χ1) is 4.86. The van der Waals surface area contributed by atoms with Crippen LogP contribution in [-0.4, -0.2) is 6.04 Å². The van der Waals surface area contributed by atoms with Crippen molar-refractivity contribution in [3.05, 3.63) is 26.2 Å². The zero-order chi connectivity index (χ0) is 9.44. The van der Waals surface area contributed by atoms with Gasteiger partial charge in [0.2, 0.25) is 0 Å². The van der Waals surface area contributed by atoms with Crippen molar-refractivity contribution >= 4 is 0 Å². The van der Waals surface area contributed by atoms with E-state index in [-0.39, 0.29) is 59.8 Å². The van der Waals surface area contributed by atoms with E-state index >= 15 is 0 Å². The standard InChI is InChI=1S/C6H12N.C4H9.W.Y/c1-5(2)4-6(3)7;1-4(2)3;;/h4-6H,1,3,7H2,2H3;1-3H3;;/q-3;-1;;/t5-,6-;;;/m1.../s1. The fraction of sp³-hybridized carbons (Fsp3) is 0.600. The summed E-state index contributed by atoms with van der Waals surface area (Å²) in [5.74, 6) is 1.73. The van der Waals surface area contributed by atoms with Crippen molar-refractivity contribution in [2.24, 2.45) is 11.7 Å². The summed E-state index contributed by atoms with van der Waals surface area (Å²) in [7, 11) is 0. The minimum atomic E-state index is -0.0625. The summed E-state index contributed by atoms with van der Waals surface area (Å²) < 4.78 is 0. The minimum Gasteiger partial charge on any atom is -0.386 e. The Hall–Kier alpha value is 1.75. The van der Waals surface area contributed by atoms with E-state index in [0.29, 0.717) is 5.92 Å². The first kappa shape index (κ1) is 24.1. The second-order valence-electron chi connectivity index (χ2n) is 3.33. The average Bonchev–Trinajstić information content (AvgIpc) is 1.56. The molecule has 3 heteroatoms. The molecule has 0 aromatic carbocycles. The molecule has 0 spiro atoms. The number of nitrogens with two attached hydrogens (primary N) is 1. The van der Waals surface area contributed by atoms with Crippen LogP contribution >= 0.6 is 0 Å². The number of rotatable bonds is 2. The van der Waals surface area contributed by atoms with Crippen LogP contribution in [0, 0.1) is 32.1 Å². The first-order valence-corrected chi connectivity index (χ1v) is 3.89. The van der Waals surface area contributed by atoms with Gasteiger partial charge in [-0.2, -0.15) is 20.8 Å². The molecule has 0 bridgehead atoms. The summed E-state index contributed by atoms with van der Waals surface area (Å²) in [6, 6.07) is -0.0625. The summed E-state index contributed by atoms with van der Waals surface area (Å²) in [5, 5.41) is 0. The molecule has 0 aliphatic carbocycles. The molecule has 2 N–H and O–H groups in total. The van der Waals surface area contributed by atoms with E-state index in [1.807, 2.05) is 13.3 Å². The van der Waals surface area contributed by atoms with Gasteiger partial charge in [0.15, 0.2) is 0 Å². The molecule has 0 aromatic rings. The number of hydrogen-bond acceptors (Lipinski definition) is 1. The van der Waals surface area contributed by atoms with Crippen LogP contribution in [0.25, 0.3) is 0 Å². The fourth-order valence-corrected chi connectivity index (χ4v) is 0.422. The SMILES string of the molecule is C[C-](C)C.[CH2-][C@H](C)[CH-][C@@H]([CH2-])N.[W].[Y]. The van der Waals surface area contributed by atoms with Gasteiger partial charge in [0, 0.05) is 53.8 Å². The average molecular weight is 428 g/mol. The molecule has 0 saturated heterocycles. The van der Waals surface area contributed by atoms with Crippen LogP contribution in [0.1, 0.15) is 27.7 Å². The Morgan fingerprint density at radius 1 is 1.23 bits per heavy atom. The second-order valence-corrected chi connectivity index (χ2v) is 3.33. The maximum absolute atomic E-state index is 5.29. The van der Waals surface area contributed by atoms with Gasteiger partial charge in [-0.3, -0.25) is 6.04 Å². The normalized spacial score (nSPS) is 12.9. The Morgan fingerprint density at radius 2 is 1.46 bits per heavy atom. The van der Waals surface area contributed by atoms with Crippen LogP contribution in [-0.2, 0) is 53.8 Å². The van der Waals surface area contributed by atoms with Gasteiger partial charge < -0.3 is 37.8 Å². The van der Waals surface area contributed by atoms with Crippen molar-refractivity contribution in [3.8, 4) is 0 Å². The van der Waals surface area contributed by atoms with Gasteiger partial charge in [0.1, 0.15) is 0 Å². The third-order valence-electron chi connectivity index (χ3n) is 0.576. The van der Waals surface area contributed by atoms with Crippen LogP contribution in [0.3, 0.4) is 0 Å². The summed E-state index contributed by atoms with van der Waals surface area (Å²) in [5.41, 5.74) is 5.29. The molecule has 79 valence electrons. The van der Waals surface area contributed by atoms with Crippen molar-refractivity contribution in [3.63, 3.8) is 0 Å². The van der Waals surface area contributed by atoms with E-state index in [1.54, 1.807) is 0 Å². The molecule has 0 unspecified atom stereocenters. The smallest absolute Gasteiger partial charge is 0 e. The summed E-state index contributed by atoms with van der Waals surface area (Å²) in [6.07, 6.45) is 1.89. The van der Waals surface area contributed by atoms with E-state index in [0.717, 1.165) is 0 Å². The molecule has 0 aliphatic heterocycles. The van der Waals surface area contributed by atoms with Crippen LogP contribution in [0.15, 0.2) is 0 Å². The molecule has 13 heavy (non-hydrogen) atoms. The Morgan fingerprint density at radius 3 is 1.46 bits per heavy atom. The van der Waals surface area contributed by atoms with E-state index in [9.17, 15) is 0 Å². The predicted molar refractivity (Wildman–Crippen MR) is 52.4 cm³/mol. The zero-order valence-electron chi connectivity index (χ0n) is 9.21. The van der Waals surface area contributed by atoms with Crippen molar-refractivity contribution in [2.75, 3.05) is 0 Å². The quantitative estimate of drug-likeness (QED) is 0.673. The Bertz CT molecular complexity index is 66.6. The van der Waals surface area contributed by atoms with Crippen molar-refractivity contribution in [2.45, 2.75) is 33.7 Å². The molecule has 1 nitrogen and oxygen atoms in total. The Kier molecular flexibility index (Phi) is 30.1. The van der Waals surface area contributed by atoms with Crippen LogP contribution in [0.5, 0.6) is 0 Å². The number of hydrogen-bond donors (Lipinski definition) is 1. The molecule has 0 aliphatic rings. The van der Waals surface area contributed by atoms with Gasteiger partial charge in [-0.05, 0) is 0 Å². The van der Waals surface area contributed by atoms with Gasteiger partial charge in [0.25, 0.3) is 0 Å². The molecule has 0 saturated carbocycles. The Balaban J connectivity index is -0.0000000600. The molecule has 0 rings (SSSR count). The van der Waals surface area contributed by atoms with E-state index in [1.165, 1.54) is 5.92 Å². The maximum atomic E-state index is 5.29. The third kappa shape index (κ3) is 57.4. The maximum Gasteiger partial charge on any atom is 0 e. The molecule has 0 fully saturated rings. The topological polar surface area (TPSA) is 26.0 Å². The van der Waals surface area contributed by atoms with Crippen LogP contribution in [0.2, 0.25) is 0 Å². The van der Waals surface area contributed by atoms with Crippen LogP contribution in [0.4, 0.5) is 0 Å². The largest absolute Gasteiger partial charge is 0.386 e. The summed E-state index contributed by atoms with van der Waals surface area (Å²) in [6.45, 7) is 15.5. The fourth-order valence-electron chi connectivity index (χ4n) is 0.422. The monoisotopic (exact) mass is 428 g/mol. The van der Waals surface area contributed by atoms with Crippen molar-refractivity contribution in [1.29, 1.82) is 0 Å². The summed E-state index contributed by atoms with van der Waals surface area (Å²) >= 11 is 0. The molecular weight excluding hydrogens is 407 g/mol. The zero-order valence-corrected chi connectivity index (χ0v) is 15.0. The molecule has 0 heterocycles. The first-order valence-electron chi connectivity index (χ1n) is 3.89. The molecule has 0 aromatic heterocycles. The molecule has 1 radical (unpaired) electrons. The predicted octanol–water partition coefficient (Wildman–Crippen LogP) is 2.44. The third-order valence-corrected chi connectivity index (χ3v) is 0.576. The summed E-state index contributed by atoms with van der Waals surface area (Å²) in [4.78, 5) is 0. The van der Waals surface area contributed by atoms with E-state index in [4.69, 9.17) is 5.73 Å². The minimum absolute atomic E-state index is 0. The van der Waals surface area contributed by atoms with Crippen molar-refractivity contribution < 1.29 is 53.8 Å². The van der Waals surface area contributed by atoms with Gasteiger partial charge in [-0.15, -0.1) is 6.92 Å². The van der Waals surface area contributed by atoms with Gasteiger partial charge >= 0.3 is 0 Å². The molecule has 0 amide bonds. The second kappa shape index (κ2) is 16.2. The van der Waals surface area contributed by atoms with Crippen LogP contribution < -0.4 is 5.73 Å². The van der Waals surface area contributed by atoms with E-state index < -0.39 is 0 Å². The van der Waals surface area contributed by atoms with E-state index in [2.05, 4.69) is 34.6 Å². The molecule has 2 atom stereocenters. The Labute approximate surface area is 124 Å².